The molecule has 0 spiro atoms. The second-order valence-corrected chi connectivity index (χ2v) is 5.09. The van der Waals surface area contributed by atoms with Gasteiger partial charge in [0.05, 0.1) is 0 Å². The molecular weight excluding hydrogens is 222 g/mol. The van der Waals surface area contributed by atoms with Crippen molar-refractivity contribution in [3.63, 3.8) is 0 Å². The van der Waals surface area contributed by atoms with Crippen LogP contribution < -0.4 is 10.2 Å². The van der Waals surface area contributed by atoms with Crippen molar-refractivity contribution in [2.75, 3.05) is 18.5 Å². The number of hydrogen-bond donors (Lipinski definition) is 1. The number of rotatable bonds is 5. The molecule has 1 fully saturated rings. The Morgan fingerprint density at radius 2 is 2.11 bits per heavy atom. The third kappa shape index (κ3) is 3.02. The van der Waals surface area contributed by atoms with E-state index in [0.29, 0.717) is 6.04 Å². The molecule has 3 nitrogen and oxygen atoms in total. The molecule has 0 amide bonds. The van der Waals surface area contributed by atoms with E-state index in [-0.39, 0.29) is 0 Å². The summed E-state index contributed by atoms with van der Waals surface area (Å²) in [5.74, 6) is 1.18. The zero-order valence-corrected chi connectivity index (χ0v) is 11.7. The van der Waals surface area contributed by atoms with E-state index < -0.39 is 0 Å². The van der Waals surface area contributed by atoms with E-state index in [9.17, 15) is 0 Å². The van der Waals surface area contributed by atoms with Crippen LogP contribution in [0, 0.1) is 0 Å². The second-order valence-electron chi connectivity index (χ2n) is 5.09. The van der Waals surface area contributed by atoms with E-state index >= 15 is 0 Å². The third-order valence-corrected chi connectivity index (χ3v) is 3.86. The molecule has 1 saturated carbocycles. The molecule has 100 valence electrons. The van der Waals surface area contributed by atoms with E-state index in [1.807, 2.05) is 19.3 Å². The number of anilines is 1. The van der Waals surface area contributed by atoms with E-state index in [1.165, 1.54) is 43.5 Å². The molecule has 0 aliphatic heterocycles. The zero-order chi connectivity index (χ0) is 12.8. The molecule has 1 aromatic rings. The molecule has 1 aliphatic carbocycles. The minimum Gasteiger partial charge on any atom is -0.354 e. The van der Waals surface area contributed by atoms with Gasteiger partial charge in [0.1, 0.15) is 5.82 Å². The first-order chi connectivity index (χ1) is 8.86. The summed E-state index contributed by atoms with van der Waals surface area (Å²) >= 11 is 0. The maximum Gasteiger partial charge on any atom is 0.133 e. The van der Waals surface area contributed by atoms with Crippen molar-refractivity contribution in [3.05, 3.63) is 23.9 Å². The molecule has 2 rings (SSSR count). The lowest BCUT2D eigenvalue weighted by atomic mass is 9.94. The highest BCUT2D eigenvalue weighted by atomic mass is 15.2. The third-order valence-electron chi connectivity index (χ3n) is 3.86. The van der Waals surface area contributed by atoms with E-state index in [4.69, 9.17) is 0 Å². The molecule has 0 aromatic carbocycles. The van der Waals surface area contributed by atoms with Crippen LogP contribution >= 0.6 is 0 Å². The maximum atomic E-state index is 4.63. The van der Waals surface area contributed by atoms with Gasteiger partial charge in [-0.1, -0.05) is 25.3 Å². The SMILES string of the molecule is CCN(c1ncccc1CNC)C1CCCCC1. The molecule has 0 unspecified atom stereocenters. The van der Waals surface area contributed by atoms with Gasteiger partial charge in [0, 0.05) is 30.9 Å². The summed E-state index contributed by atoms with van der Waals surface area (Å²) in [6.07, 6.45) is 8.71. The average Bonchev–Trinajstić information content (AvgIpc) is 2.43. The van der Waals surface area contributed by atoms with Crippen LogP contribution in [0.25, 0.3) is 0 Å². The lowest BCUT2D eigenvalue weighted by molar-refractivity contribution is 0.415. The Hall–Kier alpha value is -1.09. The van der Waals surface area contributed by atoms with Gasteiger partial charge in [0.25, 0.3) is 0 Å². The Kier molecular flexibility index (Phi) is 5.00. The summed E-state index contributed by atoms with van der Waals surface area (Å²) in [6, 6.07) is 4.91. The predicted octanol–water partition coefficient (Wildman–Crippen LogP) is 2.96. The average molecular weight is 247 g/mol. The monoisotopic (exact) mass is 247 g/mol. The molecule has 1 heterocycles. The minimum absolute atomic E-state index is 0.689. The zero-order valence-electron chi connectivity index (χ0n) is 11.7. The van der Waals surface area contributed by atoms with Gasteiger partial charge in [-0.05, 0) is 32.9 Å². The summed E-state index contributed by atoms with van der Waals surface area (Å²) in [5, 5.41) is 3.24. The maximum absolute atomic E-state index is 4.63. The molecule has 18 heavy (non-hydrogen) atoms. The van der Waals surface area contributed by atoms with Crippen LogP contribution in [0.3, 0.4) is 0 Å². The first-order valence-corrected chi connectivity index (χ1v) is 7.22. The standard InChI is InChI=1S/C15H25N3/c1-3-18(14-9-5-4-6-10-14)15-13(12-16-2)8-7-11-17-15/h7-8,11,14,16H,3-6,9-10,12H2,1-2H3. The molecule has 0 atom stereocenters. The number of aromatic nitrogens is 1. The summed E-state index contributed by atoms with van der Waals surface area (Å²) in [6.45, 7) is 4.19. The molecule has 1 aliphatic rings. The molecule has 0 bridgehead atoms. The van der Waals surface area contributed by atoms with Crippen molar-refractivity contribution < 1.29 is 0 Å². The Balaban J connectivity index is 2.20. The van der Waals surface area contributed by atoms with Crippen molar-refractivity contribution in [3.8, 4) is 0 Å². The molecular formula is C15H25N3. The topological polar surface area (TPSA) is 28.2 Å². The second kappa shape index (κ2) is 6.74. The summed E-state index contributed by atoms with van der Waals surface area (Å²) < 4.78 is 0. The van der Waals surface area contributed by atoms with Crippen LogP contribution in [-0.2, 0) is 6.54 Å². The van der Waals surface area contributed by atoms with Crippen LogP contribution in [0.15, 0.2) is 18.3 Å². The van der Waals surface area contributed by atoms with Crippen LogP contribution in [-0.4, -0.2) is 24.6 Å². The van der Waals surface area contributed by atoms with Gasteiger partial charge in [0.2, 0.25) is 0 Å². The van der Waals surface area contributed by atoms with Crippen molar-refractivity contribution in [2.45, 2.75) is 51.6 Å². The predicted molar refractivity (Wildman–Crippen MR) is 76.9 cm³/mol. The summed E-state index contributed by atoms with van der Waals surface area (Å²) in [7, 11) is 1.99. The van der Waals surface area contributed by atoms with Gasteiger partial charge in [-0.25, -0.2) is 4.98 Å². The minimum atomic E-state index is 0.689. The molecule has 3 heteroatoms. The van der Waals surface area contributed by atoms with Crippen molar-refractivity contribution in [1.29, 1.82) is 0 Å². The van der Waals surface area contributed by atoms with Gasteiger partial charge in [0.15, 0.2) is 0 Å². The quantitative estimate of drug-likeness (QED) is 0.867. The lowest BCUT2D eigenvalue weighted by Crippen LogP contribution is -2.38. The first-order valence-electron chi connectivity index (χ1n) is 7.22. The number of hydrogen-bond acceptors (Lipinski definition) is 3. The fourth-order valence-electron chi connectivity index (χ4n) is 2.99. The fraction of sp³-hybridized carbons (Fsp3) is 0.667. The van der Waals surface area contributed by atoms with Crippen molar-refractivity contribution >= 4 is 5.82 Å². The Morgan fingerprint density at radius 1 is 1.33 bits per heavy atom. The van der Waals surface area contributed by atoms with Crippen LogP contribution in [0.5, 0.6) is 0 Å². The Morgan fingerprint density at radius 3 is 2.78 bits per heavy atom. The van der Waals surface area contributed by atoms with E-state index in [1.54, 1.807) is 0 Å². The molecule has 0 saturated heterocycles. The van der Waals surface area contributed by atoms with Crippen LogP contribution in [0.4, 0.5) is 5.82 Å². The van der Waals surface area contributed by atoms with Crippen LogP contribution in [0.2, 0.25) is 0 Å². The first kappa shape index (κ1) is 13.3. The summed E-state index contributed by atoms with van der Waals surface area (Å²) in [5.41, 5.74) is 1.31. The highest BCUT2D eigenvalue weighted by Gasteiger charge is 2.22. The smallest absolute Gasteiger partial charge is 0.133 e. The molecule has 1 N–H and O–H groups in total. The van der Waals surface area contributed by atoms with E-state index in [2.05, 4.69) is 28.2 Å². The lowest BCUT2D eigenvalue weighted by Gasteiger charge is -2.35. The van der Waals surface area contributed by atoms with Gasteiger partial charge in [-0.15, -0.1) is 0 Å². The van der Waals surface area contributed by atoms with Gasteiger partial charge >= 0.3 is 0 Å². The molecule has 0 radical (unpaired) electrons. The Labute approximate surface area is 111 Å². The number of nitrogens with zero attached hydrogens (tertiary/aromatic N) is 2. The largest absolute Gasteiger partial charge is 0.354 e. The highest BCUT2D eigenvalue weighted by Crippen LogP contribution is 2.27. The normalized spacial score (nSPS) is 16.8. The fourth-order valence-corrected chi connectivity index (χ4v) is 2.99. The number of pyridine rings is 1. The van der Waals surface area contributed by atoms with Crippen molar-refractivity contribution in [2.24, 2.45) is 0 Å². The van der Waals surface area contributed by atoms with Gasteiger partial charge < -0.3 is 10.2 Å². The Bertz CT molecular complexity index is 359. The number of nitrogens with one attached hydrogen (secondary N) is 1. The van der Waals surface area contributed by atoms with Crippen LogP contribution in [0.1, 0.15) is 44.6 Å². The van der Waals surface area contributed by atoms with Gasteiger partial charge in [-0.3, -0.25) is 0 Å². The highest BCUT2D eigenvalue weighted by molar-refractivity contribution is 5.47. The summed E-state index contributed by atoms with van der Waals surface area (Å²) in [4.78, 5) is 7.14. The van der Waals surface area contributed by atoms with Crippen molar-refractivity contribution in [1.82, 2.24) is 10.3 Å². The van der Waals surface area contributed by atoms with E-state index in [0.717, 1.165) is 13.1 Å². The molecule has 1 aromatic heterocycles. The van der Waals surface area contributed by atoms with Gasteiger partial charge in [-0.2, -0.15) is 0 Å².